The monoisotopic (exact) mass is 473 g/mol. The van der Waals surface area contributed by atoms with E-state index in [4.69, 9.17) is 9.26 Å². The molecule has 9 heteroatoms. The van der Waals surface area contributed by atoms with Crippen molar-refractivity contribution in [1.82, 2.24) is 24.5 Å². The second kappa shape index (κ2) is 8.83. The molecule has 3 aliphatic heterocycles. The fourth-order valence-electron chi connectivity index (χ4n) is 5.21. The summed E-state index contributed by atoms with van der Waals surface area (Å²) in [5.41, 5.74) is 1.73. The Morgan fingerprint density at radius 3 is 2.60 bits per heavy atom. The summed E-state index contributed by atoms with van der Waals surface area (Å²) in [5.74, 6) is 1.10. The quantitative estimate of drug-likeness (QED) is 0.459. The zero-order chi connectivity index (χ0) is 23.9. The molecule has 2 bridgehead atoms. The Morgan fingerprint density at radius 2 is 1.89 bits per heavy atom. The molecule has 9 nitrogen and oxygen atoms in total. The molecule has 3 fully saturated rings. The maximum Gasteiger partial charge on any atom is 0.337 e. The number of fused-ring (bicyclic) bond motifs is 4. The number of hydrogen-bond acceptors (Lipinski definition) is 7. The maximum atomic E-state index is 13.4. The maximum absolute atomic E-state index is 13.4. The van der Waals surface area contributed by atoms with E-state index in [-0.39, 0.29) is 12.1 Å². The molecule has 7 rings (SSSR count). The lowest BCUT2D eigenvalue weighted by Gasteiger charge is -2.46. The van der Waals surface area contributed by atoms with Gasteiger partial charge in [-0.05, 0) is 48.2 Å². The van der Waals surface area contributed by atoms with Crippen LogP contribution in [0.25, 0.3) is 16.8 Å². The van der Waals surface area contributed by atoms with E-state index in [1.807, 2.05) is 24.3 Å². The van der Waals surface area contributed by atoms with Crippen molar-refractivity contribution in [2.45, 2.75) is 38.0 Å². The fourth-order valence-corrected chi connectivity index (χ4v) is 5.21. The molecule has 180 valence electrons. The van der Waals surface area contributed by atoms with E-state index in [0.29, 0.717) is 29.2 Å². The summed E-state index contributed by atoms with van der Waals surface area (Å²) in [4.78, 5) is 28.4. The molecule has 2 unspecified atom stereocenters. The van der Waals surface area contributed by atoms with Gasteiger partial charge < -0.3 is 14.6 Å². The molecular weight excluding hydrogens is 446 g/mol. The smallest absolute Gasteiger partial charge is 0.337 e. The van der Waals surface area contributed by atoms with Crippen LogP contribution in [0.1, 0.15) is 24.0 Å². The van der Waals surface area contributed by atoms with Crippen molar-refractivity contribution in [2.75, 3.05) is 20.2 Å². The van der Waals surface area contributed by atoms with Gasteiger partial charge in [0, 0.05) is 44.0 Å². The van der Waals surface area contributed by atoms with E-state index in [2.05, 4.69) is 21.4 Å². The van der Waals surface area contributed by atoms with Crippen molar-refractivity contribution in [3.63, 3.8) is 0 Å². The zero-order valence-electron chi connectivity index (χ0n) is 19.5. The molecule has 0 amide bonds. The minimum Gasteiger partial charge on any atom is -0.497 e. The molecule has 4 aromatic rings. The van der Waals surface area contributed by atoms with Gasteiger partial charge in [-0.2, -0.15) is 0 Å². The van der Waals surface area contributed by atoms with Crippen LogP contribution in [0.3, 0.4) is 0 Å². The van der Waals surface area contributed by atoms with E-state index >= 15 is 0 Å². The number of piperidine rings is 2. The molecular formula is C26H27N5O4. The molecule has 0 spiro atoms. The van der Waals surface area contributed by atoms with Gasteiger partial charge in [-0.3, -0.25) is 14.3 Å². The molecule has 2 atom stereocenters. The Kier molecular flexibility index (Phi) is 5.50. The van der Waals surface area contributed by atoms with Crippen molar-refractivity contribution in [3.8, 4) is 11.6 Å². The van der Waals surface area contributed by atoms with Gasteiger partial charge in [0.2, 0.25) is 0 Å². The predicted molar refractivity (Wildman–Crippen MR) is 131 cm³/mol. The van der Waals surface area contributed by atoms with Crippen molar-refractivity contribution in [1.29, 1.82) is 0 Å². The summed E-state index contributed by atoms with van der Waals surface area (Å²) >= 11 is 0. The predicted octanol–water partition coefficient (Wildman–Crippen LogP) is 2.13. The highest BCUT2D eigenvalue weighted by atomic mass is 16.5. The standard InChI is InChI=1S/C26H27N5O4/c1-34-21-7-2-17(3-8-21)15-31-24(32)10-11-30(26(31)33)25-22-12-18(4-9-23(22)35-28-25)14-29-16-19-5-6-20(29)13-27-19/h2-4,7-12,19-20,27H,5-6,13-16H2,1H3. The van der Waals surface area contributed by atoms with E-state index in [1.54, 1.807) is 19.2 Å². The first kappa shape index (κ1) is 21.8. The minimum atomic E-state index is -0.465. The van der Waals surface area contributed by atoms with Crippen LogP contribution in [0.4, 0.5) is 0 Å². The molecule has 2 aromatic carbocycles. The van der Waals surface area contributed by atoms with Gasteiger partial charge in [-0.25, -0.2) is 9.36 Å². The lowest BCUT2D eigenvalue weighted by Crippen LogP contribution is -2.60. The van der Waals surface area contributed by atoms with Gasteiger partial charge in [0.25, 0.3) is 5.56 Å². The number of hydrogen-bond donors (Lipinski definition) is 1. The third-order valence-corrected chi connectivity index (χ3v) is 7.16. The van der Waals surface area contributed by atoms with Crippen LogP contribution in [0.5, 0.6) is 5.75 Å². The average molecular weight is 474 g/mol. The molecule has 1 N–H and O–H groups in total. The third kappa shape index (κ3) is 4.06. The molecule has 35 heavy (non-hydrogen) atoms. The van der Waals surface area contributed by atoms with Gasteiger partial charge in [0.15, 0.2) is 11.4 Å². The summed E-state index contributed by atoms with van der Waals surface area (Å²) < 4.78 is 13.3. The second-order valence-corrected chi connectivity index (χ2v) is 9.34. The summed E-state index contributed by atoms with van der Waals surface area (Å²) in [6, 6.07) is 15.8. The highest BCUT2D eigenvalue weighted by Crippen LogP contribution is 2.27. The normalized spacial score (nSPS) is 19.9. The van der Waals surface area contributed by atoms with Gasteiger partial charge in [-0.1, -0.05) is 23.4 Å². The minimum absolute atomic E-state index is 0.148. The van der Waals surface area contributed by atoms with Crippen LogP contribution in [0.15, 0.2) is 68.8 Å². The number of piperazine rings is 1. The molecule has 5 heterocycles. The molecule has 0 saturated carbocycles. The van der Waals surface area contributed by atoms with E-state index in [1.165, 1.54) is 34.2 Å². The number of rotatable bonds is 6. The Balaban J connectivity index is 1.33. The highest BCUT2D eigenvalue weighted by Gasteiger charge is 2.33. The first-order valence-electron chi connectivity index (χ1n) is 11.9. The Labute approximate surface area is 201 Å². The number of ether oxygens (including phenoxy) is 1. The van der Waals surface area contributed by atoms with Crippen LogP contribution in [-0.4, -0.2) is 51.5 Å². The summed E-state index contributed by atoms with van der Waals surface area (Å²) in [5, 5.41) is 8.53. The van der Waals surface area contributed by atoms with Crippen molar-refractivity contribution in [3.05, 3.63) is 86.7 Å². The van der Waals surface area contributed by atoms with Gasteiger partial charge >= 0.3 is 5.69 Å². The number of nitrogens with one attached hydrogen (secondary N) is 1. The van der Waals surface area contributed by atoms with Crippen LogP contribution in [0.2, 0.25) is 0 Å². The molecule has 2 aromatic heterocycles. The Hall–Kier alpha value is -3.69. The van der Waals surface area contributed by atoms with Crippen LogP contribution in [0, 0.1) is 0 Å². The number of aromatic nitrogens is 3. The van der Waals surface area contributed by atoms with E-state index in [0.717, 1.165) is 36.1 Å². The number of benzene rings is 2. The van der Waals surface area contributed by atoms with Gasteiger partial charge in [-0.15, -0.1) is 0 Å². The third-order valence-electron chi connectivity index (χ3n) is 7.16. The van der Waals surface area contributed by atoms with Crippen LogP contribution in [-0.2, 0) is 13.1 Å². The SMILES string of the molecule is COc1ccc(Cn2c(=O)ccn(-c3noc4ccc(CN5CC6CCC5CN6)cc34)c2=O)cc1. The highest BCUT2D eigenvalue weighted by molar-refractivity contribution is 5.84. The fraction of sp³-hybridized carbons (Fsp3) is 0.346. The van der Waals surface area contributed by atoms with Crippen LogP contribution < -0.4 is 21.3 Å². The molecule has 0 aliphatic carbocycles. The first-order valence-corrected chi connectivity index (χ1v) is 11.9. The zero-order valence-corrected chi connectivity index (χ0v) is 19.5. The molecule has 3 aliphatic rings. The summed E-state index contributed by atoms with van der Waals surface area (Å²) in [6.45, 7) is 3.08. The Bertz CT molecular complexity index is 1480. The van der Waals surface area contributed by atoms with Crippen molar-refractivity contribution in [2.24, 2.45) is 0 Å². The summed E-state index contributed by atoms with van der Waals surface area (Å²) in [7, 11) is 1.59. The van der Waals surface area contributed by atoms with Crippen LogP contribution >= 0.6 is 0 Å². The number of methoxy groups -OCH3 is 1. The molecule has 0 radical (unpaired) electrons. The number of nitrogens with zero attached hydrogens (tertiary/aromatic N) is 4. The van der Waals surface area contributed by atoms with E-state index in [9.17, 15) is 9.59 Å². The average Bonchev–Trinajstić information content (AvgIpc) is 3.31. The van der Waals surface area contributed by atoms with Gasteiger partial charge in [0.05, 0.1) is 19.0 Å². The topological polar surface area (TPSA) is 94.5 Å². The Morgan fingerprint density at radius 1 is 1.06 bits per heavy atom. The second-order valence-electron chi connectivity index (χ2n) is 9.34. The lowest BCUT2D eigenvalue weighted by molar-refractivity contribution is 0.0686. The first-order chi connectivity index (χ1) is 17.1. The van der Waals surface area contributed by atoms with E-state index < -0.39 is 5.69 Å². The summed E-state index contributed by atoms with van der Waals surface area (Å²) in [6.07, 6.45) is 3.93. The van der Waals surface area contributed by atoms with Crippen molar-refractivity contribution >= 4 is 11.0 Å². The van der Waals surface area contributed by atoms with Gasteiger partial charge in [0.1, 0.15) is 5.75 Å². The lowest BCUT2D eigenvalue weighted by atomic mass is 9.92. The van der Waals surface area contributed by atoms with Crippen molar-refractivity contribution < 1.29 is 9.26 Å². The molecule has 3 saturated heterocycles. The largest absolute Gasteiger partial charge is 0.497 e.